The summed E-state index contributed by atoms with van der Waals surface area (Å²) in [5, 5.41) is 14.9. The molecular weight excluding hydrogens is 352 g/mol. The number of carbonyl (C=O) groups is 3. The van der Waals surface area contributed by atoms with E-state index in [9.17, 15) is 14.4 Å². The van der Waals surface area contributed by atoms with Crippen LogP contribution in [0.25, 0.3) is 0 Å². The Morgan fingerprint density at radius 3 is 1.78 bits per heavy atom. The number of esters is 2. The van der Waals surface area contributed by atoms with Gasteiger partial charge < -0.3 is 19.7 Å². The Kier molecular flexibility index (Phi) is 33.1. The number of aliphatic hydroxyl groups is 1. The minimum Gasteiger partial charge on any atom is -0.516 e. The highest BCUT2D eigenvalue weighted by atomic mass is 16.5. The average molecular weight is 386 g/mol. The van der Waals surface area contributed by atoms with Gasteiger partial charge >= 0.3 is 17.9 Å². The van der Waals surface area contributed by atoms with E-state index in [1.165, 1.54) is 19.8 Å². The standard InChI is InChI=1S/C11H20O2.C4H6O2.C3H4O2.C2H4O/c1-4-6-7-8-9-13-11(12)10(3)5-2;1-3-6-4(2)5;1-2-3(4)5;1-2-3/h3-9H2,1-2H3;3H,1H2,2H3;2H,1H2,(H,4,5);2-3H,1H2. The van der Waals surface area contributed by atoms with Gasteiger partial charge in [0.2, 0.25) is 0 Å². The van der Waals surface area contributed by atoms with Crippen LogP contribution in [0.2, 0.25) is 0 Å². The molecule has 0 atom stereocenters. The van der Waals surface area contributed by atoms with Crippen molar-refractivity contribution in [3.63, 3.8) is 0 Å². The summed E-state index contributed by atoms with van der Waals surface area (Å²) in [6.45, 7) is 18.6. The van der Waals surface area contributed by atoms with Crippen molar-refractivity contribution >= 4 is 17.9 Å². The number of aliphatic carboxylic acids is 1. The SMILES string of the molecule is C=C(CC)C(=O)OCCCCCC.C=CC(=O)O.C=CO.C=COC(C)=O. The molecule has 0 aliphatic heterocycles. The Balaban J connectivity index is -0.000000156. The highest BCUT2D eigenvalue weighted by Crippen LogP contribution is 2.03. The summed E-state index contributed by atoms with van der Waals surface area (Å²) in [6, 6.07) is 0. The van der Waals surface area contributed by atoms with Crippen LogP contribution < -0.4 is 0 Å². The average Bonchev–Trinajstić information content (AvgIpc) is 2.62. The fraction of sp³-hybridized carbons (Fsp3) is 0.450. The summed E-state index contributed by atoms with van der Waals surface area (Å²) in [6.07, 6.45) is 7.89. The van der Waals surface area contributed by atoms with E-state index in [0.717, 1.165) is 31.4 Å². The fourth-order valence-electron chi connectivity index (χ4n) is 1.06. The summed E-state index contributed by atoms with van der Waals surface area (Å²) < 4.78 is 9.17. The van der Waals surface area contributed by atoms with Crippen LogP contribution in [0.3, 0.4) is 0 Å². The van der Waals surface area contributed by atoms with Crippen molar-refractivity contribution in [1.29, 1.82) is 0 Å². The summed E-state index contributed by atoms with van der Waals surface area (Å²) in [4.78, 5) is 30.1. The first-order valence-electron chi connectivity index (χ1n) is 8.41. The van der Waals surface area contributed by atoms with Crippen LogP contribution in [0.4, 0.5) is 0 Å². The maximum atomic E-state index is 11.1. The van der Waals surface area contributed by atoms with E-state index in [0.29, 0.717) is 18.6 Å². The number of carbonyl (C=O) groups excluding carboxylic acids is 2. The Morgan fingerprint density at radius 1 is 1.04 bits per heavy atom. The Morgan fingerprint density at radius 2 is 1.52 bits per heavy atom. The smallest absolute Gasteiger partial charge is 0.333 e. The van der Waals surface area contributed by atoms with E-state index in [1.54, 1.807) is 0 Å². The Bertz CT molecular complexity index is 440. The second kappa shape index (κ2) is 28.0. The lowest BCUT2D eigenvalue weighted by Gasteiger charge is -2.04. The summed E-state index contributed by atoms with van der Waals surface area (Å²) in [5.41, 5.74) is 0.565. The van der Waals surface area contributed by atoms with Gasteiger partial charge in [0.1, 0.15) is 0 Å². The minimum absolute atomic E-state index is 0.237. The summed E-state index contributed by atoms with van der Waals surface area (Å²) in [5.74, 6) is -1.55. The van der Waals surface area contributed by atoms with Crippen LogP contribution in [0, 0.1) is 0 Å². The molecule has 0 spiro atoms. The number of unbranched alkanes of at least 4 members (excludes halogenated alkanes) is 3. The molecular formula is C20H34O7. The van der Waals surface area contributed by atoms with Gasteiger partial charge in [-0.1, -0.05) is 59.4 Å². The first-order valence-corrected chi connectivity index (χ1v) is 8.41. The van der Waals surface area contributed by atoms with Gasteiger partial charge in [-0.15, -0.1) is 0 Å². The number of rotatable bonds is 9. The predicted molar refractivity (Wildman–Crippen MR) is 107 cm³/mol. The van der Waals surface area contributed by atoms with Crippen molar-refractivity contribution in [1.82, 2.24) is 0 Å². The fourth-order valence-corrected chi connectivity index (χ4v) is 1.06. The maximum Gasteiger partial charge on any atom is 0.333 e. The molecule has 27 heavy (non-hydrogen) atoms. The molecule has 7 nitrogen and oxygen atoms in total. The molecule has 0 rings (SSSR count). The molecule has 0 aromatic carbocycles. The molecule has 0 aliphatic rings. The van der Waals surface area contributed by atoms with Crippen LogP contribution in [0.1, 0.15) is 52.9 Å². The number of carboxylic acid groups (broad SMARTS) is 1. The zero-order valence-corrected chi connectivity index (χ0v) is 16.7. The van der Waals surface area contributed by atoms with Crippen molar-refractivity contribution in [2.75, 3.05) is 6.61 Å². The molecule has 0 aromatic rings. The van der Waals surface area contributed by atoms with E-state index in [2.05, 4.69) is 38.0 Å². The molecule has 0 heterocycles. The molecule has 0 aliphatic carbocycles. The van der Waals surface area contributed by atoms with Crippen molar-refractivity contribution in [2.24, 2.45) is 0 Å². The molecule has 0 saturated heterocycles. The highest BCUT2D eigenvalue weighted by Gasteiger charge is 2.04. The molecule has 7 heteroatoms. The van der Waals surface area contributed by atoms with Gasteiger partial charge in [0.15, 0.2) is 0 Å². The van der Waals surface area contributed by atoms with Crippen LogP contribution >= 0.6 is 0 Å². The van der Waals surface area contributed by atoms with Crippen LogP contribution in [0.15, 0.2) is 50.5 Å². The topological polar surface area (TPSA) is 110 Å². The molecule has 0 saturated carbocycles. The van der Waals surface area contributed by atoms with Crippen molar-refractivity contribution in [2.45, 2.75) is 52.9 Å². The van der Waals surface area contributed by atoms with E-state index in [-0.39, 0.29) is 11.9 Å². The quantitative estimate of drug-likeness (QED) is 0.255. The number of hydrogen-bond donors (Lipinski definition) is 2. The number of carboxylic acids is 1. The van der Waals surface area contributed by atoms with E-state index < -0.39 is 5.97 Å². The largest absolute Gasteiger partial charge is 0.516 e. The van der Waals surface area contributed by atoms with Gasteiger partial charge in [0, 0.05) is 18.6 Å². The van der Waals surface area contributed by atoms with Crippen LogP contribution in [-0.2, 0) is 23.9 Å². The number of aliphatic hydroxyl groups excluding tert-OH is 1. The molecule has 0 amide bonds. The molecule has 0 unspecified atom stereocenters. The van der Waals surface area contributed by atoms with Gasteiger partial charge in [-0.3, -0.25) is 4.79 Å². The second-order valence-electron chi connectivity index (χ2n) is 4.65. The lowest BCUT2D eigenvalue weighted by atomic mass is 10.2. The first kappa shape index (κ1) is 31.9. The van der Waals surface area contributed by atoms with Crippen molar-refractivity contribution in [3.8, 4) is 0 Å². The third kappa shape index (κ3) is 45.1. The van der Waals surface area contributed by atoms with Gasteiger partial charge in [-0.05, 0) is 12.8 Å². The molecule has 0 radical (unpaired) electrons. The third-order valence-corrected chi connectivity index (χ3v) is 2.37. The van der Waals surface area contributed by atoms with E-state index in [4.69, 9.17) is 14.9 Å². The zero-order valence-electron chi connectivity index (χ0n) is 16.7. The van der Waals surface area contributed by atoms with E-state index >= 15 is 0 Å². The molecule has 0 aromatic heterocycles. The normalized spacial score (nSPS) is 7.81. The van der Waals surface area contributed by atoms with Gasteiger partial charge in [-0.2, -0.15) is 0 Å². The van der Waals surface area contributed by atoms with Crippen molar-refractivity contribution in [3.05, 3.63) is 50.5 Å². The molecule has 0 fully saturated rings. The zero-order chi connectivity index (χ0) is 22.1. The monoisotopic (exact) mass is 386 g/mol. The van der Waals surface area contributed by atoms with E-state index in [1.807, 2.05) is 6.92 Å². The van der Waals surface area contributed by atoms with Crippen LogP contribution in [0.5, 0.6) is 0 Å². The highest BCUT2D eigenvalue weighted by molar-refractivity contribution is 5.87. The lowest BCUT2D eigenvalue weighted by molar-refractivity contribution is -0.139. The summed E-state index contributed by atoms with van der Waals surface area (Å²) >= 11 is 0. The Hall–Kier alpha value is -2.83. The minimum atomic E-state index is -0.981. The second-order valence-corrected chi connectivity index (χ2v) is 4.65. The van der Waals surface area contributed by atoms with Gasteiger partial charge in [0.25, 0.3) is 0 Å². The molecule has 0 bridgehead atoms. The number of ether oxygens (including phenoxy) is 2. The molecule has 2 N–H and O–H groups in total. The van der Waals surface area contributed by atoms with Gasteiger partial charge in [0.05, 0.1) is 19.1 Å². The van der Waals surface area contributed by atoms with Crippen LogP contribution in [-0.4, -0.2) is 34.7 Å². The first-order chi connectivity index (χ1) is 12.7. The van der Waals surface area contributed by atoms with Gasteiger partial charge in [-0.25, -0.2) is 9.59 Å². The van der Waals surface area contributed by atoms with Crippen molar-refractivity contribution < 1.29 is 34.1 Å². The maximum absolute atomic E-state index is 11.1. The number of hydrogen-bond acceptors (Lipinski definition) is 6. The Labute approximate surface area is 162 Å². The third-order valence-electron chi connectivity index (χ3n) is 2.37. The molecule has 156 valence electrons. The summed E-state index contributed by atoms with van der Waals surface area (Å²) in [7, 11) is 0. The predicted octanol–water partition coefficient (Wildman–Crippen LogP) is 4.71. The lowest BCUT2D eigenvalue weighted by Crippen LogP contribution is -2.07.